The van der Waals surface area contributed by atoms with Gasteiger partial charge in [0.1, 0.15) is 23.8 Å². The van der Waals surface area contributed by atoms with E-state index in [0.29, 0.717) is 47.0 Å². The fraction of sp³-hybridized carbons (Fsp3) is 0.483. The first-order valence-electron chi connectivity index (χ1n) is 13.7. The summed E-state index contributed by atoms with van der Waals surface area (Å²) < 4.78 is 37.8. The lowest BCUT2D eigenvalue weighted by Gasteiger charge is -2.43. The Labute approximate surface area is 235 Å². The molecule has 0 radical (unpaired) electrons. The first-order chi connectivity index (χ1) is 19.3. The summed E-state index contributed by atoms with van der Waals surface area (Å²) in [5.74, 6) is -2.37. The maximum absolute atomic E-state index is 13.2. The van der Waals surface area contributed by atoms with Gasteiger partial charge in [0, 0.05) is 29.8 Å². The van der Waals surface area contributed by atoms with Gasteiger partial charge in [0.2, 0.25) is 11.8 Å². The smallest absolute Gasteiger partial charge is 0.340 e. The second-order valence-corrected chi connectivity index (χ2v) is 11.9. The second kappa shape index (κ2) is 9.57. The third kappa shape index (κ3) is 5.05. The number of hydrogen-bond acceptors (Lipinski definition) is 9. The number of amides is 1. The monoisotopic (exact) mass is 566 g/mol. The maximum atomic E-state index is 13.2. The van der Waals surface area contributed by atoms with Gasteiger partial charge < -0.3 is 25.4 Å². The van der Waals surface area contributed by atoms with Gasteiger partial charge in [0.25, 0.3) is 5.92 Å². The molecule has 3 aromatic heterocycles. The van der Waals surface area contributed by atoms with E-state index in [4.69, 9.17) is 15.2 Å². The predicted octanol–water partition coefficient (Wildman–Crippen LogP) is 4.26. The number of ether oxygens (including phenoxy) is 2. The zero-order valence-corrected chi connectivity index (χ0v) is 23.3. The number of likely N-dealkylation sites (tertiary alicyclic amines) is 1. The summed E-state index contributed by atoms with van der Waals surface area (Å²) in [5, 5.41) is 4.68. The molecule has 3 aromatic rings. The van der Waals surface area contributed by atoms with E-state index in [1.54, 1.807) is 24.5 Å². The van der Waals surface area contributed by atoms with Crippen LogP contribution in [-0.2, 0) is 15.1 Å². The number of fused-ring (bicyclic) bond motifs is 2. The van der Waals surface area contributed by atoms with E-state index in [9.17, 15) is 18.4 Å². The molecule has 216 valence electrons. The molecule has 41 heavy (non-hydrogen) atoms. The van der Waals surface area contributed by atoms with Crippen LogP contribution in [-0.4, -0.2) is 62.9 Å². The van der Waals surface area contributed by atoms with Crippen molar-refractivity contribution in [3.8, 4) is 5.88 Å². The number of nitrogens with zero attached hydrogens (tertiary/aromatic N) is 4. The minimum Gasteiger partial charge on any atom is -0.474 e. The lowest BCUT2D eigenvalue weighted by molar-refractivity contribution is -0.174. The van der Waals surface area contributed by atoms with Crippen molar-refractivity contribution < 1.29 is 27.8 Å². The molecule has 1 amide bonds. The van der Waals surface area contributed by atoms with E-state index in [1.165, 1.54) is 4.90 Å². The molecule has 5 heterocycles. The van der Waals surface area contributed by atoms with Crippen LogP contribution >= 0.6 is 0 Å². The molecule has 1 saturated carbocycles. The van der Waals surface area contributed by atoms with Crippen LogP contribution in [0, 0.1) is 5.92 Å². The number of cyclic esters (lactones) is 1. The quantitative estimate of drug-likeness (QED) is 0.420. The molecule has 1 aliphatic carbocycles. The fourth-order valence-corrected chi connectivity index (χ4v) is 5.49. The van der Waals surface area contributed by atoms with Crippen LogP contribution in [0.3, 0.4) is 0 Å². The van der Waals surface area contributed by atoms with Crippen LogP contribution < -0.4 is 15.8 Å². The number of hydrogen-bond donors (Lipinski definition) is 2. The molecule has 0 aromatic carbocycles. The van der Waals surface area contributed by atoms with Gasteiger partial charge in [0.05, 0.1) is 29.7 Å². The Balaban J connectivity index is 1.23. The first-order valence-corrected chi connectivity index (χ1v) is 13.7. The zero-order chi connectivity index (χ0) is 29.3. The number of rotatable bonds is 6. The summed E-state index contributed by atoms with van der Waals surface area (Å²) in [5.41, 5.74) is 7.67. The number of anilines is 2. The Morgan fingerprint density at radius 3 is 2.56 bits per heavy atom. The Hall–Kier alpha value is -3.93. The number of nitrogens with two attached hydrogens (primary N) is 1. The summed E-state index contributed by atoms with van der Waals surface area (Å²) in [6.07, 6.45) is 3.68. The van der Waals surface area contributed by atoms with Gasteiger partial charge in [-0.1, -0.05) is 6.92 Å². The molecule has 2 aliphatic heterocycles. The van der Waals surface area contributed by atoms with Gasteiger partial charge in [0.15, 0.2) is 0 Å². The van der Waals surface area contributed by atoms with Gasteiger partial charge in [-0.15, -0.1) is 0 Å². The molecule has 2 atom stereocenters. The lowest BCUT2D eigenvalue weighted by Crippen LogP contribution is -2.61. The molecule has 2 fully saturated rings. The molecule has 3 aliphatic rings. The third-order valence-corrected chi connectivity index (χ3v) is 8.14. The van der Waals surface area contributed by atoms with Gasteiger partial charge in [-0.3, -0.25) is 4.79 Å². The van der Waals surface area contributed by atoms with E-state index in [-0.39, 0.29) is 35.9 Å². The van der Waals surface area contributed by atoms with Crippen molar-refractivity contribution in [2.45, 2.75) is 70.1 Å². The Morgan fingerprint density at radius 2 is 1.88 bits per heavy atom. The van der Waals surface area contributed by atoms with Crippen molar-refractivity contribution in [2.24, 2.45) is 11.7 Å². The van der Waals surface area contributed by atoms with Crippen LogP contribution in [0.1, 0.15) is 68.1 Å². The molecule has 0 bridgehead atoms. The number of halogens is 2. The maximum Gasteiger partial charge on any atom is 0.340 e. The minimum absolute atomic E-state index is 0.0577. The largest absolute Gasteiger partial charge is 0.474 e. The molecule has 10 nitrogen and oxygen atoms in total. The summed E-state index contributed by atoms with van der Waals surface area (Å²) in [7, 11) is 0. The van der Waals surface area contributed by atoms with Crippen molar-refractivity contribution in [1.82, 2.24) is 19.9 Å². The van der Waals surface area contributed by atoms with Crippen molar-refractivity contribution in [3.63, 3.8) is 0 Å². The van der Waals surface area contributed by atoms with Crippen molar-refractivity contribution in [2.75, 3.05) is 18.4 Å². The van der Waals surface area contributed by atoms with E-state index in [0.717, 1.165) is 10.9 Å². The molecule has 0 spiro atoms. The molecule has 0 unspecified atom stereocenters. The Kier molecular flexibility index (Phi) is 6.36. The van der Waals surface area contributed by atoms with Crippen molar-refractivity contribution >= 4 is 34.3 Å². The molecule has 3 N–H and O–H groups in total. The van der Waals surface area contributed by atoms with E-state index in [2.05, 4.69) is 20.3 Å². The standard InChI is InChI=1S/C29H32F2N6O4/c1-14-15(2)40-27(39)18-5-6-22(36-24(14)18)35-23-9-19-20(10-33-23)25(34-11-21(19)28(3,4)32)41-17-7-16(8-17)26(38)37-12-29(30,31)13-37/h5-6,9-11,14-17H,7-8,12-13,32H2,1-4H3,(H,33,35,36)/t14-,15-,16-,17+/m0/s1. The number of pyridine rings is 3. The molecule has 12 heteroatoms. The van der Waals surface area contributed by atoms with Crippen molar-refractivity contribution in [3.05, 3.63) is 47.4 Å². The SMILES string of the molecule is C[C@@H]1OC(=O)c2ccc(Nc3cc4c(C(C)(C)N)cnc(O[C@H]5C[C@@H](C(=O)N6CC(F)(F)C6)C5)c4cn3)nc2[C@H]1C. The number of carbonyl (C=O) groups excluding carboxylic acids is 2. The summed E-state index contributed by atoms with van der Waals surface area (Å²) in [6, 6.07) is 5.26. The summed E-state index contributed by atoms with van der Waals surface area (Å²) in [6.45, 7) is 6.55. The topological polar surface area (TPSA) is 133 Å². The molecule has 1 saturated heterocycles. The van der Waals surface area contributed by atoms with Crippen LogP contribution in [0.5, 0.6) is 5.88 Å². The van der Waals surface area contributed by atoms with Gasteiger partial charge in [-0.25, -0.2) is 28.5 Å². The number of aromatic nitrogens is 3. The van der Waals surface area contributed by atoms with Crippen LogP contribution in [0.2, 0.25) is 0 Å². The van der Waals surface area contributed by atoms with Crippen LogP contribution in [0.4, 0.5) is 20.4 Å². The van der Waals surface area contributed by atoms with Crippen LogP contribution in [0.25, 0.3) is 10.8 Å². The number of nitrogens with one attached hydrogen (secondary N) is 1. The van der Waals surface area contributed by atoms with E-state index in [1.807, 2.05) is 33.8 Å². The second-order valence-electron chi connectivity index (χ2n) is 11.9. The zero-order valence-electron chi connectivity index (χ0n) is 23.3. The van der Waals surface area contributed by atoms with Crippen molar-refractivity contribution in [1.29, 1.82) is 0 Å². The number of alkyl halides is 2. The number of esters is 1. The van der Waals surface area contributed by atoms with Crippen LogP contribution in [0.15, 0.2) is 30.6 Å². The summed E-state index contributed by atoms with van der Waals surface area (Å²) in [4.78, 5) is 39.7. The molecular formula is C29H32F2N6O4. The Morgan fingerprint density at radius 1 is 1.15 bits per heavy atom. The third-order valence-electron chi connectivity index (χ3n) is 8.14. The average molecular weight is 567 g/mol. The van der Waals surface area contributed by atoms with E-state index >= 15 is 0 Å². The highest BCUT2D eigenvalue weighted by atomic mass is 19.3. The first kappa shape index (κ1) is 27.3. The molecule has 6 rings (SSSR count). The van der Waals surface area contributed by atoms with E-state index < -0.39 is 24.6 Å². The Bertz CT molecular complexity index is 1540. The van der Waals surface area contributed by atoms with Gasteiger partial charge in [-0.2, -0.15) is 0 Å². The van der Waals surface area contributed by atoms with Gasteiger partial charge in [-0.05, 0) is 62.8 Å². The van der Waals surface area contributed by atoms with Gasteiger partial charge >= 0.3 is 5.97 Å². The highest BCUT2D eigenvalue weighted by Gasteiger charge is 2.50. The minimum atomic E-state index is -2.78. The highest BCUT2D eigenvalue weighted by molar-refractivity contribution is 5.93. The average Bonchev–Trinajstić information content (AvgIpc) is 2.86. The lowest BCUT2D eigenvalue weighted by atomic mass is 9.80. The normalized spacial score (nSPS) is 25.0. The predicted molar refractivity (Wildman–Crippen MR) is 146 cm³/mol. The highest BCUT2D eigenvalue weighted by Crippen LogP contribution is 2.39. The molecular weight excluding hydrogens is 534 g/mol. The fourth-order valence-electron chi connectivity index (χ4n) is 5.49. The summed E-state index contributed by atoms with van der Waals surface area (Å²) >= 11 is 0. The number of carbonyl (C=O) groups is 2.